The van der Waals surface area contributed by atoms with E-state index in [1.54, 1.807) is 6.20 Å². The zero-order valence-corrected chi connectivity index (χ0v) is 15.5. The van der Waals surface area contributed by atoms with Crippen LogP contribution in [0.3, 0.4) is 0 Å². The highest BCUT2D eigenvalue weighted by Crippen LogP contribution is 2.50. The quantitative estimate of drug-likeness (QED) is 0.665. The van der Waals surface area contributed by atoms with Crippen molar-refractivity contribution < 1.29 is 9.18 Å². The lowest BCUT2D eigenvalue weighted by Gasteiger charge is -2.29. The van der Waals surface area contributed by atoms with Gasteiger partial charge in [0.25, 0.3) is 0 Å². The second kappa shape index (κ2) is 6.44. The SMILES string of the molecule is Cc1ccc(NC(=O)N2C[C@@H]3C[C@H]2c2ccccc23)cc1-c1cncc(F)c1. The molecule has 3 aromatic rings. The highest BCUT2D eigenvalue weighted by molar-refractivity contribution is 5.91. The molecule has 1 N–H and O–H groups in total. The number of carbonyl (C=O) groups is 1. The summed E-state index contributed by atoms with van der Waals surface area (Å²) in [5, 5.41) is 3.02. The summed E-state index contributed by atoms with van der Waals surface area (Å²) < 4.78 is 13.6. The minimum absolute atomic E-state index is 0.0887. The Morgan fingerprint density at radius 1 is 1.14 bits per heavy atom. The summed E-state index contributed by atoms with van der Waals surface area (Å²) in [6, 6.07) is 15.6. The van der Waals surface area contributed by atoms with Gasteiger partial charge in [0.15, 0.2) is 0 Å². The molecule has 5 heteroatoms. The maximum atomic E-state index is 13.6. The number of aryl methyl sites for hydroxylation is 1. The first kappa shape index (κ1) is 16.9. The summed E-state index contributed by atoms with van der Waals surface area (Å²) in [4.78, 5) is 18.8. The number of benzene rings is 2. The Hall–Kier alpha value is -3.21. The number of aromatic nitrogens is 1. The van der Waals surface area contributed by atoms with Crippen LogP contribution >= 0.6 is 0 Å². The molecule has 140 valence electrons. The molecule has 1 aromatic heterocycles. The normalized spacial score (nSPS) is 19.6. The summed E-state index contributed by atoms with van der Waals surface area (Å²) in [6.45, 7) is 2.71. The summed E-state index contributed by atoms with van der Waals surface area (Å²) >= 11 is 0. The van der Waals surface area contributed by atoms with E-state index in [1.165, 1.54) is 23.4 Å². The highest BCUT2D eigenvalue weighted by Gasteiger charge is 2.44. The van der Waals surface area contributed by atoms with E-state index in [0.29, 0.717) is 17.2 Å². The second-order valence-corrected chi connectivity index (χ2v) is 7.58. The zero-order chi connectivity index (χ0) is 19.3. The van der Waals surface area contributed by atoms with Crippen molar-refractivity contribution in [2.45, 2.75) is 25.3 Å². The molecule has 1 aliphatic heterocycles. The maximum absolute atomic E-state index is 13.6. The molecule has 2 heterocycles. The van der Waals surface area contributed by atoms with Gasteiger partial charge < -0.3 is 10.2 Å². The van der Waals surface area contributed by atoms with Crippen molar-refractivity contribution in [1.29, 1.82) is 0 Å². The topological polar surface area (TPSA) is 45.2 Å². The van der Waals surface area contributed by atoms with Crippen LogP contribution in [0.4, 0.5) is 14.9 Å². The average Bonchev–Trinajstić information content (AvgIpc) is 3.29. The Labute approximate surface area is 163 Å². The maximum Gasteiger partial charge on any atom is 0.322 e. The molecule has 2 bridgehead atoms. The van der Waals surface area contributed by atoms with Gasteiger partial charge in [0.2, 0.25) is 0 Å². The molecule has 1 saturated heterocycles. The van der Waals surface area contributed by atoms with Crippen LogP contribution in [0, 0.1) is 12.7 Å². The Kier molecular flexibility index (Phi) is 3.90. The number of carbonyl (C=O) groups excluding carboxylic acids is 1. The Balaban J connectivity index is 1.39. The lowest BCUT2D eigenvalue weighted by atomic mass is 9.99. The van der Waals surface area contributed by atoms with E-state index in [2.05, 4.69) is 28.5 Å². The van der Waals surface area contributed by atoms with Crippen molar-refractivity contribution in [3.63, 3.8) is 0 Å². The molecule has 1 fully saturated rings. The summed E-state index contributed by atoms with van der Waals surface area (Å²) in [5.41, 5.74) is 5.91. The molecule has 5 rings (SSSR count). The fourth-order valence-corrected chi connectivity index (χ4v) is 4.53. The minimum atomic E-state index is -0.377. The average molecular weight is 373 g/mol. The van der Waals surface area contributed by atoms with Gasteiger partial charge in [-0.3, -0.25) is 4.98 Å². The van der Waals surface area contributed by atoms with Crippen molar-refractivity contribution in [2.75, 3.05) is 11.9 Å². The van der Waals surface area contributed by atoms with Crippen molar-refractivity contribution in [2.24, 2.45) is 0 Å². The number of urea groups is 1. The number of hydrogen-bond acceptors (Lipinski definition) is 2. The number of rotatable bonds is 2. The predicted octanol–water partition coefficient (Wildman–Crippen LogP) is 5.27. The van der Waals surface area contributed by atoms with E-state index in [9.17, 15) is 9.18 Å². The van der Waals surface area contributed by atoms with Crippen LogP contribution in [0.5, 0.6) is 0 Å². The van der Waals surface area contributed by atoms with Gasteiger partial charge in [0.1, 0.15) is 5.82 Å². The number of halogens is 1. The zero-order valence-electron chi connectivity index (χ0n) is 15.5. The lowest BCUT2D eigenvalue weighted by molar-refractivity contribution is 0.205. The molecule has 0 saturated carbocycles. The van der Waals surface area contributed by atoms with Crippen molar-refractivity contribution >= 4 is 11.7 Å². The van der Waals surface area contributed by atoms with Crippen molar-refractivity contribution in [1.82, 2.24) is 9.88 Å². The monoisotopic (exact) mass is 373 g/mol. The number of amides is 2. The van der Waals surface area contributed by atoms with E-state index in [4.69, 9.17) is 0 Å². The van der Waals surface area contributed by atoms with E-state index in [0.717, 1.165) is 24.1 Å². The van der Waals surface area contributed by atoms with Gasteiger partial charge in [0.05, 0.1) is 12.2 Å². The largest absolute Gasteiger partial charge is 0.322 e. The van der Waals surface area contributed by atoms with Crippen LogP contribution in [0.1, 0.15) is 35.1 Å². The number of nitrogens with zero attached hydrogens (tertiary/aromatic N) is 2. The number of nitrogens with one attached hydrogen (secondary N) is 1. The molecule has 2 atom stereocenters. The van der Waals surface area contributed by atoms with E-state index in [1.807, 2.05) is 36.1 Å². The van der Waals surface area contributed by atoms with Crippen molar-refractivity contribution in [3.05, 3.63) is 83.4 Å². The highest BCUT2D eigenvalue weighted by atomic mass is 19.1. The van der Waals surface area contributed by atoms with Crippen LogP contribution < -0.4 is 5.32 Å². The van der Waals surface area contributed by atoms with Gasteiger partial charge in [-0.15, -0.1) is 0 Å². The Bertz CT molecular complexity index is 1080. The number of fused-ring (bicyclic) bond motifs is 5. The predicted molar refractivity (Wildman–Crippen MR) is 107 cm³/mol. The standard InChI is InChI=1S/C23H20FN3O/c1-14-6-7-18(10-21(14)15-8-17(24)12-25-11-15)26-23(28)27-13-16-9-22(27)20-5-3-2-4-19(16)20/h2-8,10-12,16,22H,9,13H2,1H3,(H,26,28)/t16-,22-/m0/s1. The number of likely N-dealkylation sites (tertiary alicyclic amines) is 1. The molecule has 1 aliphatic carbocycles. The van der Waals surface area contributed by atoms with Gasteiger partial charge >= 0.3 is 6.03 Å². The first-order valence-corrected chi connectivity index (χ1v) is 9.48. The fourth-order valence-electron chi connectivity index (χ4n) is 4.53. The molecule has 2 amide bonds. The Morgan fingerprint density at radius 3 is 2.79 bits per heavy atom. The van der Waals surface area contributed by atoms with Gasteiger partial charge in [0, 0.05) is 29.9 Å². The third kappa shape index (κ3) is 2.74. The number of pyridine rings is 1. The summed E-state index contributed by atoms with van der Waals surface area (Å²) in [5.74, 6) is 0.0528. The Morgan fingerprint density at radius 2 is 1.96 bits per heavy atom. The van der Waals surface area contributed by atoms with Crippen LogP contribution in [0.15, 0.2) is 60.9 Å². The summed E-state index contributed by atoms with van der Waals surface area (Å²) in [7, 11) is 0. The van der Waals surface area contributed by atoms with Gasteiger partial charge in [-0.25, -0.2) is 9.18 Å². The van der Waals surface area contributed by atoms with Crippen LogP contribution in [0.2, 0.25) is 0 Å². The molecule has 2 aromatic carbocycles. The first-order valence-electron chi connectivity index (χ1n) is 9.48. The minimum Gasteiger partial charge on any atom is -0.317 e. The van der Waals surface area contributed by atoms with E-state index in [-0.39, 0.29) is 17.9 Å². The molecule has 2 aliphatic rings. The molecular formula is C23H20FN3O. The van der Waals surface area contributed by atoms with E-state index >= 15 is 0 Å². The van der Waals surface area contributed by atoms with E-state index < -0.39 is 0 Å². The molecule has 4 nitrogen and oxygen atoms in total. The second-order valence-electron chi connectivity index (χ2n) is 7.58. The van der Waals surface area contributed by atoms with Gasteiger partial charge in [-0.05, 0) is 53.8 Å². The van der Waals surface area contributed by atoms with Crippen LogP contribution in [-0.2, 0) is 0 Å². The number of hydrogen-bond donors (Lipinski definition) is 1. The smallest absolute Gasteiger partial charge is 0.317 e. The molecule has 0 spiro atoms. The first-order chi connectivity index (χ1) is 13.6. The fraction of sp³-hybridized carbons (Fsp3) is 0.217. The third-order valence-corrected chi connectivity index (χ3v) is 5.86. The summed E-state index contributed by atoms with van der Waals surface area (Å²) in [6.07, 6.45) is 3.82. The van der Waals surface area contributed by atoms with Crippen molar-refractivity contribution in [3.8, 4) is 11.1 Å². The third-order valence-electron chi connectivity index (χ3n) is 5.86. The molecule has 0 radical (unpaired) electrons. The van der Waals surface area contributed by atoms with Crippen LogP contribution in [-0.4, -0.2) is 22.5 Å². The lowest BCUT2D eigenvalue weighted by Crippen LogP contribution is -2.36. The molecular weight excluding hydrogens is 353 g/mol. The molecule has 28 heavy (non-hydrogen) atoms. The van der Waals surface area contributed by atoms with Crippen LogP contribution in [0.25, 0.3) is 11.1 Å². The van der Waals surface area contributed by atoms with Gasteiger partial charge in [-0.2, -0.15) is 0 Å². The number of anilines is 1. The molecule has 0 unspecified atom stereocenters. The van der Waals surface area contributed by atoms with Gasteiger partial charge in [-0.1, -0.05) is 30.3 Å².